The van der Waals surface area contributed by atoms with Crippen molar-refractivity contribution in [1.82, 2.24) is 0 Å². The minimum absolute atomic E-state index is 0.0392. The van der Waals surface area contributed by atoms with Crippen LogP contribution in [0.5, 0.6) is 0 Å². The van der Waals surface area contributed by atoms with Gasteiger partial charge in [-0.25, -0.2) is 0 Å². The molecule has 0 saturated heterocycles. The van der Waals surface area contributed by atoms with E-state index in [1.807, 2.05) is 24.3 Å². The van der Waals surface area contributed by atoms with Gasteiger partial charge in [0.1, 0.15) is 0 Å². The topological polar surface area (TPSA) is 58.4 Å². The van der Waals surface area contributed by atoms with E-state index >= 15 is 0 Å². The predicted octanol–water partition coefficient (Wildman–Crippen LogP) is 2.54. The number of carbonyl (C=O) groups is 1. The van der Waals surface area contributed by atoms with Crippen LogP contribution >= 0.6 is 12.2 Å². The van der Waals surface area contributed by atoms with Crippen LogP contribution < -0.4 is 16.0 Å². The summed E-state index contributed by atoms with van der Waals surface area (Å²) in [6, 6.07) is 7.88. The highest BCUT2D eigenvalue weighted by Gasteiger charge is 2.24. The maximum atomic E-state index is 11.7. The molecule has 0 saturated carbocycles. The third kappa shape index (κ3) is 3.28. The number of thiocarbonyl (C=S) groups is 1. The van der Waals surface area contributed by atoms with Crippen molar-refractivity contribution in [3.8, 4) is 0 Å². The fraction of sp³-hybridized carbons (Fsp3) is 0.467. The summed E-state index contributed by atoms with van der Waals surface area (Å²) in [6.07, 6.45) is 1.87. The van der Waals surface area contributed by atoms with Gasteiger partial charge in [0.15, 0.2) is 0 Å². The summed E-state index contributed by atoms with van der Waals surface area (Å²) >= 11 is 5.08. The second-order valence-electron chi connectivity index (χ2n) is 5.84. The van der Waals surface area contributed by atoms with E-state index in [9.17, 15) is 4.79 Å². The van der Waals surface area contributed by atoms with E-state index in [1.54, 1.807) is 0 Å². The molecule has 0 aliphatic carbocycles. The standard InChI is InChI=1S/C15H21N3OS/c1-15(2,14(16)20)8-5-9-18-10-13(19)17-11-6-3-4-7-12(11)18/h3-4,6-7H,5,8-10H2,1-2H3,(H2,16,20)(H,17,19). The second kappa shape index (κ2) is 5.79. The monoisotopic (exact) mass is 291 g/mol. The molecule has 1 heterocycles. The van der Waals surface area contributed by atoms with Crippen LogP contribution in [-0.4, -0.2) is 24.0 Å². The van der Waals surface area contributed by atoms with E-state index in [0.29, 0.717) is 11.5 Å². The molecule has 4 nitrogen and oxygen atoms in total. The lowest BCUT2D eigenvalue weighted by molar-refractivity contribution is -0.115. The average molecular weight is 291 g/mol. The molecule has 108 valence electrons. The fourth-order valence-corrected chi connectivity index (χ4v) is 2.44. The number of nitrogens with zero attached hydrogens (tertiary/aromatic N) is 1. The van der Waals surface area contributed by atoms with E-state index in [2.05, 4.69) is 24.1 Å². The first-order chi connectivity index (χ1) is 9.40. The molecule has 2 rings (SSSR count). The number of rotatable bonds is 5. The summed E-state index contributed by atoms with van der Waals surface area (Å²) < 4.78 is 0. The van der Waals surface area contributed by atoms with E-state index < -0.39 is 0 Å². The van der Waals surface area contributed by atoms with E-state index in [-0.39, 0.29) is 11.3 Å². The van der Waals surface area contributed by atoms with Gasteiger partial charge in [0.2, 0.25) is 5.91 Å². The lowest BCUT2D eigenvalue weighted by atomic mass is 9.88. The zero-order valence-electron chi connectivity index (χ0n) is 12.0. The molecule has 0 unspecified atom stereocenters. The maximum Gasteiger partial charge on any atom is 0.243 e. The number of carbonyl (C=O) groups excluding carboxylic acids is 1. The summed E-state index contributed by atoms with van der Waals surface area (Å²) in [5, 5.41) is 2.89. The minimum atomic E-state index is -0.132. The summed E-state index contributed by atoms with van der Waals surface area (Å²) in [5.41, 5.74) is 7.58. The zero-order valence-corrected chi connectivity index (χ0v) is 12.8. The Morgan fingerprint density at radius 2 is 2.15 bits per heavy atom. The summed E-state index contributed by atoms with van der Waals surface area (Å²) in [4.78, 5) is 14.4. The summed E-state index contributed by atoms with van der Waals surface area (Å²) in [5.74, 6) is 0.0392. The minimum Gasteiger partial charge on any atom is -0.393 e. The molecular weight excluding hydrogens is 270 g/mol. The number of hydrogen-bond acceptors (Lipinski definition) is 3. The van der Waals surface area contributed by atoms with Gasteiger partial charge in [0, 0.05) is 12.0 Å². The van der Waals surface area contributed by atoms with Gasteiger partial charge in [-0.05, 0) is 25.0 Å². The van der Waals surface area contributed by atoms with Crippen molar-refractivity contribution in [2.75, 3.05) is 23.3 Å². The highest BCUT2D eigenvalue weighted by Crippen LogP contribution is 2.30. The van der Waals surface area contributed by atoms with Gasteiger partial charge < -0.3 is 16.0 Å². The number of anilines is 2. The Morgan fingerprint density at radius 1 is 1.45 bits per heavy atom. The van der Waals surface area contributed by atoms with Crippen LogP contribution in [0.25, 0.3) is 0 Å². The lowest BCUT2D eigenvalue weighted by Gasteiger charge is -2.32. The van der Waals surface area contributed by atoms with E-state index in [0.717, 1.165) is 30.8 Å². The van der Waals surface area contributed by atoms with E-state index in [4.69, 9.17) is 18.0 Å². The van der Waals surface area contributed by atoms with Gasteiger partial charge in [-0.2, -0.15) is 0 Å². The molecule has 1 aliphatic rings. The third-order valence-corrected chi connectivity index (χ3v) is 4.30. The van der Waals surface area contributed by atoms with Crippen molar-refractivity contribution >= 4 is 34.5 Å². The Kier molecular flexibility index (Phi) is 4.28. The van der Waals surface area contributed by atoms with Crippen molar-refractivity contribution in [3.05, 3.63) is 24.3 Å². The smallest absolute Gasteiger partial charge is 0.243 e. The first-order valence-electron chi connectivity index (χ1n) is 6.84. The Labute approximate surface area is 125 Å². The van der Waals surface area contributed by atoms with Gasteiger partial charge in [0.25, 0.3) is 0 Å². The lowest BCUT2D eigenvalue weighted by Crippen LogP contribution is -2.39. The van der Waals surface area contributed by atoms with Gasteiger partial charge in [-0.1, -0.05) is 38.2 Å². The van der Waals surface area contributed by atoms with Crippen LogP contribution in [0.3, 0.4) is 0 Å². The number of benzene rings is 1. The molecule has 0 fully saturated rings. The third-order valence-electron chi connectivity index (χ3n) is 3.75. The SMILES string of the molecule is CC(C)(CCCN1CC(=O)Nc2ccccc21)C(N)=S. The molecule has 0 radical (unpaired) electrons. The van der Waals surface area contributed by atoms with E-state index in [1.165, 1.54) is 0 Å². The van der Waals surface area contributed by atoms with Gasteiger partial charge >= 0.3 is 0 Å². The number of amides is 1. The van der Waals surface area contributed by atoms with Crippen LogP contribution in [0.15, 0.2) is 24.3 Å². The number of nitrogens with one attached hydrogen (secondary N) is 1. The molecule has 0 spiro atoms. The fourth-order valence-electron chi connectivity index (χ4n) is 2.34. The quantitative estimate of drug-likeness (QED) is 0.819. The molecule has 20 heavy (non-hydrogen) atoms. The average Bonchev–Trinajstić information content (AvgIpc) is 2.38. The molecule has 1 aromatic rings. The Morgan fingerprint density at radius 3 is 2.85 bits per heavy atom. The van der Waals surface area contributed by atoms with Gasteiger partial charge in [-0.15, -0.1) is 0 Å². The summed E-state index contributed by atoms with van der Waals surface area (Å²) in [7, 11) is 0. The van der Waals surface area contributed by atoms with Crippen molar-refractivity contribution in [2.24, 2.45) is 11.1 Å². The Hall–Kier alpha value is -1.62. The van der Waals surface area contributed by atoms with Crippen molar-refractivity contribution in [2.45, 2.75) is 26.7 Å². The second-order valence-corrected chi connectivity index (χ2v) is 6.28. The van der Waals surface area contributed by atoms with Crippen LogP contribution in [0.2, 0.25) is 0 Å². The van der Waals surface area contributed by atoms with Crippen LogP contribution in [0.1, 0.15) is 26.7 Å². The largest absolute Gasteiger partial charge is 0.393 e. The number of fused-ring (bicyclic) bond motifs is 1. The summed E-state index contributed by atoms with van der Waals surface area (Å²) in [6.45, 7) is 5.36. The molecule has 1 amide bonds. The van der Waals surface area contributed by atoms with Gasteiger partial charge in [0.05, 0.1) is 22.9 Å². The number of nitrogens with two attached hydrogens (primary N) is 1. The molecule has 0 atom stereocenters. The van der Waals surface area contributed by atoms with Gasteiger partial charge in [-0.3, -0.25) is 4.79 Å². The highest BCUT2D eigenvalue weighted by atomic mass is 32.1. The molecule has 1 aliphatic heterocycles. The molecule has 0 aromatic heterocycles. The highest BCUT2D eigenvalue weighted by molar-refractivity contribution is 7.80. The van der Waals surface area contributed by atoms with Crippen molar-refractivity contribution < 1.29 is 4.79 Å². The van der Waals surface area contributed by atoms with Crippen LogP contribution in [0.4, 0.5) is 11.4 Å². The Balaban J connectivity index is 2.00. The molecule has 0 bridgehead atoms. The molecule has 5 heteroatoms. The Bertz CT molecular complexity index is 528. The van der Waals surface area contributed by atoms with Crippen LogP contribution in [-0.2, 0) is 4.79 Å². The molecule has 3 N–H and O–H groups in total. The predicted molar refractivity (Wildman–Crippen MR) is 87.1 cm³/mol. The van der Waals surface area contributed by atoms with Crippen molar-refractivity contribution in [3.63, 3.8) is 0 Å². The zero-order chi connectivity index (χ0) is 14.8. The van der Waals surface area contributed by atoms with Crippen LogP contribution in [0, 0.1) is 5.41 Å². The van der Waals surface area contributed by atoms with Crippen molar-refractivity contribution in [1.29, 1.82) is 0 Å². The first kappa shape index (κ1) is 14.8. The first-order valence-corrected chi connectivity index (χ1v) is 7.25. The number of hydrogen-bond donors (Lipinski definition) is 2. The number of para-hydroxylation sites is 2. The molecular formula is C15H21N3OS. The maximum absolute atomic E-state index is 11.7. The normalized spacial score (nSPS) is 14.7. The molecule has 1 aromatic carbocycles.